The molecule has 0 aromatic heterocycles. The summed E-state index contributed by atoms with van der Waals surface area (Å²) in [7, 11) is 0. The summed E-state index contributed by atoms with van der Waals surface area (Å²) in [4.78, 5) is -0.228. The van der Waals surface area contributed by atoms with Crippen LogP contribution in [0.25, 0.3) is 0 Å². The van der Waals surface area contributed by atoms with Crippen molar-refractivity contribution in [2.45, 2.75) is 76.0 Å². The highest BCUT2D eigenvalue weighted by molar-refractivity contribution is 9.09. The van der Waals surface area contributed by atoms with Crippen LogP contribution in [-0.4, -0.2) is 36.6 Å². The molecule has 0 aromatic carbocycles. The molecule has 2 nitrogen and oxygen atoms in total. The predicted octanol–water partition coefficient (Wildman–Crippen LogP) is 7.00. The summed E-state index contributed by atoms with van der Waals surface area (Å²) < 4.78 is 9.72. The van der Waals surface area contributed by atoms with E-state index >= 15 is 0 Å². The normalized spacial score (nSPS) is 20.0. The Bertz CT molecular complexity index is 291. The molecular formula is C20H37BrCl2O2. The molecule has 0 aromatic rings. The van der Waals surface area contributed by atoms with Gasteiger partial charge in [0.2, 0.25) is 0 Å². The lowest BCUT2D eigenvalue weighted by atomic mass is 10.1. The number of alkyl halides is 3. The van der Waals surface area contributed by atoms with E-state index in [1.54, 1.807) is 0 Å². The fourth-order valence-corrected chi connectivity index (χ4v) is 3.23. The standard InChI is InChI=1S/C12H24.C4H7BrO.C4H6Cl2O/c1-2-3-4-5-6-7-8-9-12-10-11-12;5-1-4-2-6-3-4;5-4(6)3-1-7-2-3/h12H,2-11H2,1H3;4H,1-3H2;3-4H,1-2H2. The van der Waals surface area contributed by atoms with Crippen LogP contribution < -0.4 is 0 Å². The number of rotatable bonds is 10. The van der Waals surface area contributed by atoms with Crippen molar-refractivity contribution in [3.8, 4) is 0 Å². The monoisotopic (exact) mass is 458 g/mol. The molecule has 0 radical (unpaired) electrons. The molecule has 3 rings (SSSR count). The van der Waals surface area contributed by atoms with Gasteiger partial charge < -0.3 is 9.47 Å². The summed E-state index contributed by atoms with van der Waals surface area (Å²) in [5, 5.41) is 1.10. The highest BCUT2D eigenvalue weighted by atomic mass is 79.9. The molecule has 5 heteroatoms. The largest absolute Gasteiger partial charge is 0.381 e. The van der Waals surface area contributed by atoms with Crippen LogP contribution in [0.15, 0.2) is 0 Å². The molecule has 0 atom stereocenters. The molecule has 1 saturated carbocycles. The summed E-state index contributed by atoms with van der Waals surface area (Å²) in [6, 6.07) is 0. The summed E-state index contributed by atoms with van der Waals surface area (Å²) in [6.45, 7) is 5.68. The Morgan fingerprint density at radius 2 is 1.40 bits per heavy atom. The zero-order chi connectivity index (χ0) is 18.3. The fraction of sp³-hybridized carbons (Fsp3) is 1.00. The van der Waals surface area contributed by atoms with Crippen LogP contribution in [0.4, 0.5) is 0 Å². The van der Waals surface area contributed by atoms with E-state index in [4.69, 9.17) is 32.7 Å². The van der Waals surface area contributed by atoms with Gasteiger partial charge in [-0.15, -0.1) is 23.2 Å². The molecule has 0 bridgehead atoms. The third-order valence-corrected chi connectivity index (χ3v) is 6.49. The van der Waals surface area contributed by atoms with Gasteiger partial charge in [-0.05, 0) is 5.92 Å². The maximum atomic E-state index is 5.47. The first kappa shape index (κ1) is 24.0. The minimum absolute atomic E-state index is 0.228. The number of hydrogen-bond acceptors (Lipinski definition) is 2. The molecular weight excluding hydrogens is 423 g/mol. The third kappa shape index (κ3) is 13.7. The van der Waals surface area contributed by atoms with Crippen molar-refractivity contribution in [2.75, 3.05) is 31.8 Å². The van der Waals surface area contributed by atoms with E-state index in [2.05, 4.69) is 22.9 Å². The summed E-state index contributed by atoms with van der Waals surface area (Å²) >= 11 is 14.3. The maximum Gasteiger partial charge on any atom is 0.115 e. The number of ether oxygens (including phenoxy) is 2. The van der Waals surface area contributed by atoms with Crippen LogP contribution in [0.1, 0.15) is 71.1 Å². The van der Waals surface area contributed by atoms with Gasteiger partial charge in [-0.3, -0.25) is 0 Å². The molecule has 150 valence electrons. The molecule has 0 spiro atoms. The Morgan fingerprint density at radius 3 is 1.68 bits per heavy atom. The highest BCUT2D eigenvalue weighted by Crippen LogP contribution is 2.34. The molecule has 3 aliphatic rings. The molecule has 25 heavy (non-hydrogen) atoms. The Morgan fingerprint density at radius 1 is 0.840 bits per heavy atom. The van der Waals surface area contributed by atoms with Crippen molar-refractivity contribution in [1.29, 1.82) is 0 Å². The van der Waals surface area contributed by atoms with E-state index in [9.17, 15) is 0 Å². The van der Waals surface area contributed by atoms with E-state index < -0.39 is 0 Å². The van der Waals surface area contributed by atoms with Crippen LogP contribution in [0.5, 0.6) is 0 Å². The highest BCUT2D eigenvalue weighted by Gasteiger charge is 2.24. The molecule has 2 aliphatic heterocycles. The van der Waals surface area contributed by atoms with Gasteiger partial charge in [0.1, 0.15) is 4.84 Å². The first-order valence-electron chi connectivity index (χ1n) is 10.2. The minimum atomic E-state index is -0.228. The van der Waals surface area contributed by atoms with E-state index in [0.29, 0.717) is 5.92 Å². The number of halogens is 3. The predicted molar refractivity (Wildman–Crippen MR) is 113 cm³/mol. The second-order valence-electron chi connectivity index (χ2n) is 7.54. The third-order valence-electron chi connectivity index (χ3n) is 4.86. The Kier molecular flexibility index (Phi) is 15.4. The Balaban J connectivity index is 0.000000203. The Hall–Kier alpha value is 0.980. The SMILES string of the molecule is BrCC1COC1.CCCCCCCCCC1CC1.ClC(Cl)C1COC1. The molecule has 0 N–H and O–H groups in total. The van der Waals surface area contributed by atoms with E-state index in [0.717, 1.165) is 43.6 Å². The number of hydrogen-bond donors (Lipinski definition) is 0. The van der Waals surface area contributed by atoms with Gasteiger partial charge in [-0.1, -0.05) is 87.1 Å². The summed E-state index contributed by atoms with van der Waals surface area (Å²) in [6.07, 6.45) is 14.9. The molecule has 0 unspecified atom stereocenters. The topological polar surface area (TPSA) is 18.5 Å². The van der Waals surface area contributed by atoms with Crippen LogP contribution >= 0.6 is 39.1 Å². The van der Waals surface area contributed by atoms with Gasteiger partial charge in [0, 0.05) is 17.2 Å². The van der Waals surface area contributed by atoms with Crippen molar-refractivity contribution in [3.05, 3.63) is 0 Å². The molecule has 2 saturated heterocycles. The average Bonchev–Trinajstić information content (AvgIpc) is 3.28. The second-order valence-corrected chi connectivity index (χ2v) is 9.35. The molecule has 3 fully saturated rings. The molecule has 1 aliphatic carbocycles. The number of unbranched alkanes of at least 4 members (excludes halogenated alkanes) is 6. The maximum absolute atomic E-state index is 5.47. The quantitative estimate of drug-likeness (QED) is 0.258. The van der Waals surface area contributed by atoms with Crippen molar-refractivity contribution in [3.63, 3.8) is 0 Å². The second kappa shape index (κ2) is 16.0. The lowest BCUT2D eigenvalue weighted by Crippen LogP contribution is -2.32. The van der Waals surface area contributed by atoms with Crippen molar-refractivity contribution >= 4 is 39.1 Å². The van der Waals surface area contributed by atoms with Gasteiger partial charge in [0.05, 0.1) is 26.4 Å². The van der Waals surface area contributed by atoms with E-state index in [1.165, 1.54) is 64.2 Å². The van der Waals surface area contributed by atoms with Crippen molar-refractivity contribution in [1.82, 2.24) is 0 Å². The first-order chi connectivity index (χ1) is 12.2. The van der Waals surface area contributed by atoms with Crippen LogP contribution in [0.2, 0.25) is 0 Å². The van der Waals surface area contributed by atoms with Gasteiger partial charge in [-0.2, -0.15) is 0 Å². The lowest BCUT2D eigenvalue weighted by molar-refractivity contribution is -0.0248. The van der Waals surface area contributed by atoms with Crippen LogP contribution in [-0.2, 0) is 9.47 Å². The zero-order valence-corrected chi connectivity index (χ0v) is 19.0. The first-order valence-corrected chi connectivity index (χ1v) is 12.2. The zero-order valence-electron chi connectivity index (χ0n) is 15.9. The van der Waals surface area contributed by atoms with Crippen molar-refractivity contribution < 1.29 is 9.47 Å². The fourth-order valence-electron chi connectivity index (χ4n) is 2.57. The van der Waals surface area contributed by atoms with Gasteiger partial charge >= 0.3 is 0 Å². The molecule has 2 heterocycles. The van der Waals surface area contributed by atoms with Crippen LogP contribution in [0, 0.1) is 17.8 Å². The van der Waals surface area contributed by atoms with Gasteiger partial charge in [0.25, 0.3) is 0 Å². The molecule has 0 amide bonds. The van der Waals surface area contributed by atoms with Crippen molar-refractivity contribution in [2.24, 2.45) is 17.8 Å². The van der Waals surface area contributed by atoms with E-state index in [1.807, 2.05) is 0 Å². The Labute approximate surface area is 173 Å². The summed E-state index contributed by atoms with van der Waals surface area (Å²) in [5.74, 6) is 2.36. The van der Waals surface area contributed by atoms with Gasteiger partial charge in [0.15, 0.2) is 0 Å². The smallest absolute Gasteiger partial charge is 0.115 e. The van der Waals surface area contributed by atoms with E-state index in [-0.39, 0.29) is 4.84 Å². The summed E-state index contributed by atoms with van der Waals surface area (Å²) in [5.41, 5.74) is 0. The lowest BCUT2D eigenvalue weighted by Gasteiger charge is -2.26. The van der Waals surface area contributed by atoms with Crippen LogP contribution in [0.3, 0.4) is 0 Å². The average molecular weight is 460 g/mol. The van der Waals surface area contributed by atoms with Gasteiger partial charge in [-0.25, -0.2) is 0 Å². The minimum Gasteiger partial charge on any atom is -0.381 e.